The second kappa shape index (κ2) is 17.8. The second-order valence-electron chi connectivity index (χ2n) is 9.15. The Morgan fingerprint density at radius 2 is 1.75 bits per heavy atom. The number of H-pyrrole nitrogens is 1. The molecule has 44 heavy (non-hydrogen) atoms. The standard InChI is InChI=1S/C28H34N8O8/c1-2-10-42-12-14-44-15-13-43-11-9-30-22(37)8-7-21(27(40)41)34-25(38)18-3-5-19(6-4-18)31-16-20-17-32-24-23(33-20)26(39)36-28(29)35-24/h1,3-6,17,21,31H,7-16H2,(H,30,37)(H,34,38)(H,40,41)(H3,29,32,35,36,39)/t21-/m0/s1. The van der Waals surface area contributed by atoms with E-state index in [0.717, 1.165) is 0 Å². The van der Waals surface area contributed by atoms with E-state index in [9.17, 15) is 24.3 Å². The van der Waals surface area contributed by atoms with Crippen LogP contribution in [-0.4, -0.2) is 95.1 Å². The Balaban J connectivity index is 1.36. The van der Waals surface area contributed by atoms with E-state index in [2.05, 4.69) is 41.8 Å². The molecule has 3 aromatic rings. The Kier molecular flexibility index (Phi) is 13.5. The third-order valence-electron chi connectivity index (χ3n) is 5.87. The zero-order valence-electron chi connectivity index (χ0n) is 23.8. The highest BCUT2D eigenvalue weighted by Gasteiger charge is 2.21. The van der Waals surface area contributed by atoms with Gasteiger partial charge in [0, 0.05) is 24.2 Å². The molecule has 0 saturated carbocycles. The summed E-state index contributed by atoms with van der Waals surface area (Å²) < 4.78 is 15.7. The van der Waals surface area contributed by atoms with Crippen molar-refractivity contribution in [1.29, 1.82) is 0 Å². The topological polar surface area (TPSA) is 233 Å². The van der Waals surface area contributed by atoms with Gasteiger partial charge in [0.05, 0.1) is 51.5 Å². The highest BCUT2D eigenvalue weighted by molar-refractivity contribution is 5.97. The van der Waals surface area contributed by atoms with E-state index >= 15 is 0 Å². The number of nitrogens with one attached hydrogen (secondary N) is 4. The van der Waals surface area contributed by atoms with Gasteiger partial charge < -0.3 is 41.0 Å². The van der Waals surface area contributed by atoms with Gasteiger partial charge in [-0.15, -0.1) is 6.42 Å². The summed E-state index contributed by atoms with van der Waals surface area (Å²) in [5.74, 6) is 0.0703. The summed E-state index contributed by atoms with van der Waals surface area (Å²) >= 11 is 0. The molecule has 0 spiro atoms. The average Bonchev–Trinajstić information content (AvgIpc) is 3.01. The van der Waals surface area contributed by atoms with Crippen LogP contribution in [0.15, 0.2) is 35.3 Å². The van der Waals surface area contributed by atoms with E-state index < -0.39 is 23.5 Å². The van der Waals surface area contributed by atoms with Gasteiger partial charge in [0.1, 0.15) is 12.6 Å². The maximum atomic E-state index is 12.7. The molecule has 2 heterocycles. The van der Waals surface area contributed by atoms with Crippen LogP contribution in [0.2, 0.25) is 0 Å². The molecule has 0 bridgehead atoms. The van der Waals surface area contributed by atoms with Gasteiger partial charge in [-0.1, -0.05) is 5.92 Å². The summed E-state index contributed by atoms with van der Waals surface area (Å²) in [7, 11) is 0. The summed E-state index contributed by atoms with van der Waals surface area (Å²) in [6.07, 6.45) is 6.33. The minimum Gasteiger partial charge on any atom is -0.480 e. The quantitative estimate of drug-likeness (QED) is 0.0755. The number of aromatic amines is 1. The van der Waals surface area contributed by atoms with Crippen molar-refractivity contribution in [2.75, 3.05) is 57.2 Å². The molecule has 0 aliphatic heterocycles. The predicted molar refractivity (Wildman–Crippen MR) is 159 cm³/mol. The third-order valence-corrected chi connectivity index (χ3v) is 5.87. The van der Waals surface area contributed by atoms with Crippen LogP contribution in [-0.2, 0) is 30.3 Å². The van der Waals surface area contributed by atoms with Crippen LogP contribution in [0.1, 0.15) is 28.9 Å². The first-order chi connectivity index (χ1) is 21.3. The number of fused-ring (bicyclic) bond motifs is 1. The Morgan fingerprint density at radius 1 is 1.05 bits per heavy atom. The lowest BCUT2D eigenvalue weighted by Gasteiger charge is -2.15. The molecule has 16 heteroatoms. The Hall–Kier alpha value is -5.11. The summed E-state index contributed by atoms with van der Waals surface area (Å²) in [6, 6.07) is 5.04. The Morgan fingerprint density at radius 3 is 2.45 bits per heavy atom. The van der Waals surface area contributed by atoms with Crippen molar-refractivity contribution in [2.45, 2.75) is 25.4 Å². The van der Waals surface area contributed by atoms with Crippen molar-refractivity contribution < 1.29 is 33.7 Å². The zero-order valence-corrected chi connectivity index (χ0v) is 23.8. The number of aromatic nitrogens is 4. The van der Waals surface area contributed by atoms with Crippen LogP contribution in [0.4, 0.5) is 11.6 Å². The number of anilines is 2. The highest BCUT2D eigenvalue weighted by atomic mass is 16.5. The fraction of sp³-hybridized carbons (Fsp3) is 0.393. The summed E-state index contributed by atoms with van der Waals surface area (Å²) in [4.78, 5) is 63.1. The summed E-state index contributed by atoms with van der Waals surface area (Å²) in [6.45, 7) is 2.46. The fourth-order valence-electron chi connectivity index (χ4n) is 3.68. The van der Waals surface area contributed by atoms with Gasteiger partial charge in [0.25, 0.3) is 11.5 Å². The largest absolute Gasteiger partial charge is 0.480 e. The van der Waals surface area contributed by atoms with Gasteiger partial charge in [-0.25, -0.2) is 14.8 Å². The van der Waals surface area contributed by atoms with Crippen molar-refractivity contribution in [1.82, 2.24) is 30.6 Å². The number of nitrogen functional groups attached to an aromatic ring is 1. The second-order valence-corrected chi connectivity index (χ2v) is 9.15. The van der Waals surface area contributed by atoms with Crippen molar-refractivity contribution in [3.8, 4) is 12.3 Å². The lowest BCUT2D eigenvalue weighted by molar-refractivity contribution is -0.139. The monoisotopic (exact) mass is 610 g/mol. The van der Waals surface area contributed by atoms with E-state index in [4.69, 9.17) is 26.4 Å². The number of carbonyl (C=O) groups excluding carboxylic acids is 2. The molecule has 1 aromatic carbocycles. The molecule has 1 atom stereocenters. The van der Waals surface area contributed by atoms with Crippen molar-refractivity contribution in [3.63, 3.8) is 0 Å². The van der Waals surface area contributed by atoms with Gasteiger partial charge in [0.15, 0.2) is 11.2 Å². The lowest BCUT2D eigenvalue weighted by Crippen LogP contribution is -2.41. The first-order valence-electron chi connectivity index (χ1n) is 13.6. The SMILES string of the molecule is C#CCOCCOCCOCCNC(=O)CC[C@H](NC(=O)c1ccc(NCc2cnc3nc(N)[nH]c(=O)c3n2)cc1)C(=O)O. The number of terminal acetylenes is 1. The first kappa shape index (κ1) is 33.4. The smallest absolute Gasteiger partial charge is 0.326 e. The molecule has 0 aliphatic rings. The van der Waals surface area contributed by atoms with Crippen LogP contribution in [0, 0.1) is 12.3 Å². The maximum absolute atomic E-state index is 12.7. The molecule has 0 fully saturated rings. The van der Waals surface area contributed by atoms with Gasteiger partial charge in [-0.2, -0.15) is 4.98 Å². The highest BCUT2D eigenvalue weighted by Crippen LogP contribution is 2.12. The van der Waals surface area contributed by atoms with Gasteiger partial charge in [0.2, 0.25) is 11.9 Å². The molecule has 2 amide bonds. The number of rotatable bonds is 19. The number of amides is 2. The zero-order chi connectivity index (χ0) is 31.7. The van der Waals surface area contributed by atoms with Gasteiger partial charge in [-0.3, -0.25) is 19.4 Å². The molecule has 0 radical (unpaired) electrons. The summed E-state index contributed by atoms with van der Waals surface area (Å²) in [5.41, 5.74) is 6.55. The van der Waals surface area contributed by atoms with Crippen LogP contribution in [0.3, 0.4) is 0 Å². The minimum absolute atomic E-state index is 0.0531. The number of carboxylic acid groups (broad SMARTS) is 1. The number of carboxylic acids is 1. The molecule has 16 nitrogen and oxygen atoms in total. The van der Waals surface area contributed by atoms with Crippen LogP contribution in [0.25, 0.3) is 11.2 Å². The molecule has 0 aliphatic carbocycles. The molecule has 3 rings (SSSR count). The van der Waals surface area contributed by atoms with Crippen molar-refractivity contribution >= 4 is 40.6 Å². The van der Waals surface area contributed by atoms with Gasteiger partial charge in [-0.05, 0) is 30.7 Å². The summed E-state index contributed by atoms with van der Waals surface area (Å²) in [5, 5.41) is 17.7. The number of nitrogens with two attached hydrogens (primary N) is 1. The van der Waals surface area contributed by atoms with E-state index in [1.807, 2.05) is 0 Å². The number of hydrogen-bond acceptors (Lipinski definition) is 12. The number of carbonyl (C=O) groups is 3. The Labute approximate surface area is 252 Å². The van der Waals surface area contributed by atoms with Crippen LogP contribution in [0.5, 0.6) is 0 Å². The molecular formula is C28H34N8O8. The number of nitrogens with zero attached hydrogens (tertiary/aromatic N) is 3. The number of ether oxygens (including phenoxy) is 3. The maximum Gasteiger partial charge on any atom is 0.326 e. The van der Waals surface area contributed by atoms with E-state index in [-0.39, 0.29) is 67.7 Å². The van der Waals surface area contributed by atoms with Crippen LogP contribution >= 0.6 is 0 Å². The normalized spacial score (nSPS) is 11.4. The van der Waals surface area contributed by atoms with E-state index in [0.29, 0.717) is 37.8 Å². The molecule has 0 unspecified atom stereocenters. The molecular weight excluding hydrogens is 576 g/mol. The number of benzene rings is 1. The molecule has 0 saturated heterocycles. The minimum atomic E-state index is -1.26. The fourth-order valence-corrected chi connectivity index (χ4v) is 3.68. The average molecular weight is 611 g/mol. The number of hydrogen-bond donors (Lipinski definition) is 6. The third kappa shape index (κ3) is 11.3. The van der Waals surface area contributed by atoms with Crippen molar-refractivity contribution in [3.05, 3.63) is 52.1 Å². The molecule has 7 N–H and O–H groups in total. The van der Waals surface area contributed by atoms with Gasteiger partial charge >= 0.3 is 5.97 Å². The van der Waals surface area contributed by atoms with E-state index in [1.54, 1.807) is 12.1 Å². The number of aliphatic carboxylic acids is 1. The van der Waals surface area contributed by atoms with E-state index in [1.165, 1.54) is 18.3 Å². The Bertz CT molecular complexity index is 1510. The lowest BCUT2D eigenvalue weighted by atomic mass is 10.1. The molecule has 2 aromatic heterocycles. The first-order valence-corrected chi connectivity index (χ1v) is 13.6. The predicted octanol–water partition coefficient (Wildman–Crippen LogP) is -0.330. The molecule has 234 valence electrons. The van der Waals surface area contributed by atoms with Crippen molar-refractivity contribution in [2.24, 2.45) is 0 Å². The van der Waals surface area contributed by atoms with Crippen LogP contribution < -0.4 is 27.2 Å².